The third-order valence-corrected chi connectivity index (χ3v) is 3.37. The molecule has 0 radical (unpaired) electrons. The molecule has 2 aliphatic carbocycles. The molecule has 0 saturated heterocycles. The Balaban J connectivity index is 1.92. The van der Waals surface area contributed by atoms with Crippen LogP contribution >= 0.6 is 0 Å². The maximum Gasteiger partial charge on any atom is 0.0695 e. The van der Waals surface area contributed by atoms with Crippen LogP contribution in [-0.2, 0) is 0 Å². The van der Waals surface area contributed by atoms with Crippen LogP contribution in [0.1, 0.15) is 45.4 Å². The van der Waals surface area contributed by atoms with Crippen LogP contribution in [0.5, 0.6) is 0 Å². The highest BCUT2D eigenvalue weighted by atomic mass is 16.3. The molecule has 0 spiro atoms. The summed E-state index contributed by atoms with van der Waals surface area (Å²) in [5.74, 6) is 0. The van der Waals surface area contributed by atoms with E-state index in [-0.39, 0.29) is 6.10 Å². The first-order chi connectivity index (χ1) is 6.33. The molecule has 0 aliphatic heterocycles. The van der Waals surface area contributed by atoms with Gasteiger partial charge in [0.1, 0.15) is 0 Å². The lowest BCUT2D eigenvalue weighted by molar-refractivity contribution is 0.0655. The standard InChI is InChI=1S/C11H21NO/c1-2-8-12(9-6-7-9)10-4-3-5-11(10)13/h9-11,13H,2-8H2,1H3/t10-,11-/m0/s1. The summed E-state index contributed by atoms with van der Waals surface area (Å²) in [6.07, 6.45) is 7.38. The van der Waals surface area contributed by atoms with E-state index in [1.54, 1.807) is 0 Å². The van der Waals surface area contributed by atoms with Crippen LogP contribution in [-0.4, -0.2) is 34.7 Å². The van der Waals surface area contributed by atoms with Gasteiger partial charge in [0.05, 0.1) is 6.10 Å². The number of hydrogen-bond donors (Lipinski definition) is 1. The van der Waals surface area contributed by atoms with Crippen LogP contribution in [0.3, 0.4) is 0 Å². The Morgan fingerprint density at radius 2 is 2.00 bits per heavy atom. The molecule has 13 heavy (non-hydrogen) atoms. The molecule has 76 valence electrons. The van der Waals surface area contributed by atoms with Crippen molar-refractivity contribution in [3.63, 3.8) is 0 Å². The summed E-state index contributed by atoms with van der Waals surface area (Å²) < 4.78 is 0. The average Bonchev–Trinajstić information content (AvgIpc) is 2.86. The Labute approximate surface area is 80.9 Å². The largest absolute Gasteiger partial charge is 0.391 e. The number of nitrogens with zero attached hydrogens (tertiary/aromatic N) is 1. The molecule has 0 aromatic rings. The molecule has 2 heteroatoms. The van der Waals surface area contributed by atoms with E-state index in [1.807, 2.05) is 0 Å². The highest BCUT2D eigenvalue weighted by Crippen LogP contribution is 2.34. The molecule has 0 bridgehead atoms. The minimum Gasteiger partial charge on any atom is -0.391 e. The Morgan fingerprint density at radius 1 is 1.23 bits per heavy atom. The summed E-state index contributed by atoms with van der Waals surface area (Å²) in [6.45, 7) is 3.42. The lowest BCUT2D eigenvalue weighted by Crippen LogP contribution is -2.42. The highest BCUT2D eigenvalue weighted by Gasteiger charge is 2.38. The molecule has 2 saturated carbocycles. The smallest absolute Gasteiger partial charge is 0.0695 e. The fraction of sp³-hybridized carbons (Fsp3) is 1.00. The van der Waals surface area contributed by atoms with Crippen LogP contribution in [0, 0.1) is 0 Å². The molecule has 0 heterocycles. The summed E-state index contributed by atoms with van der Waals surface area (Å²) in [5.41, 5.74) is 0. The minimum absolute atomic E-state index is 0.0350. The summed E-state index contributed by atoms with van der Waals surface area (Å²) in [4.78, 5) is 2.57. The molecule has 2 atom stereocenters. The fourth-order valence-corrected chi connectivity index (χ4v) is 2.59. The van der Waals surface area contributed by atoms with E-state index in [4.69, 9.17) is 0 Å². The van der Waals surface area contributed by atoms with E-state index in [0.717, 1.165) is 12.5 Å². The maximum absolute atomic E-state index is 9.82. The SMILES string of the molecule is CCCN(C1CC1)[C@H]1CCC[C@@H]1O. The van der Waals surface area contributed by atoms with Gasteiger partial charge in [0.25, 0.3) is 0 Å². The molecule has 0 aromatic heterocycles. The van der Waals surface area contributed by atoms with Crippen molar-refractivity contribution in [2.24, 2.45) is 0 Å². The van der Waals surface area contributed by atoms with Crippen molar-refractivity contribution >= 4 is 0 Å². The lowest BCUT2D eigenvalue weighted by Gasteiger charge is -2.30. The first-order valence-electron chi connectivity index (χ1n) is 5.76. The van der Waals surface area contributed by atoms with Crippen LogP contribution in [0.2, 0.25) is 0 Å². The Morgan fingerprint density at radius 3 is 2.46 bits per heavy atom. The zero-order valence-corrected chi connectivity index (χ0v) is 8.58. The van der Waals surface area contributed by atoms with Gasteiger partial charge in [-0.2, -0.15) is 0 Å². The monoisotopic (exact) mass is 183 g/mol. The molecular weight excluding hydrogens is 162 g/mol. The number of rotatable bonds is 4. The van der Waals surface area contributed by atoms with Gasteiger partial charge in [0.2, 0.25) is 0 Å². The first-order valence-corrected chi connectivity index (χ1v) is 5.76. The molecule has 2 rings (SSSR count). The van der Waals surface area contributed by atoms with Crippen molar-refractivity contribution in [1.29, 1.82) is 0 Å². The van der Waals surface area contributed by atoms with Crippen molar-refractivity contribution in [3.05, 3.63) is 0 Å². The van der Waals surface area contributed by atoms with Crippen LogP contribution in [0.25, 0.3) is 0 Å². The van der Waals surface area contributed by atoms with E-state index in [2.05, 4.69) is 11.8 Å². The number of aliphatic hydroxyl groups is 1. The molecular formula is C11H21NO. The summed E-state index contributed by atoms with van der Waals surface area (Å²) in [5, 5.41) is 9.82. The van der Waals surface area contributed by atoms with Gasteiger partial charge in [0.15, 0.2) is 0 Å². The number of aliphatic hydroxyl groups excluding tert-OH is 1. The quantitative estimate of drug-likeness (QED) is 0.718. The zero-order valence-electron chi connectivity index (χ0n) is 8.58. The normalized spacial score (nSPS) is 34.4. The third kappa shape index (κ3) is 2.05. The van der Waals surface area contributed by atoms with Crippen LogP contribution in [0.4, 0.5) is 0 Å². The van der Waals surface area contributed by atoms with Crippen molar-refractivity contribution in [2.45, 2.75) is 63.6 Å². The van der Waals surface area contributed by atoms with Crippen molar-refractivity contribution in [3.8, 4) is 0 Å². The van der Waals surface area contributed by atoms with Crippen molar-refractivity contribution in [2.75, 3.05) is 6.54 Å². The molecule has 1 N–H and O–H groups in total. The van der Waals surface area contributed by atoms with Gasteiger partial charge in [-0.05, 0) is 45.1 Å². The Bertz CT molecular complexity index is 167. The Kier molecular flexibility index (Phi) is 2.89. The zero-order chi connectivity index (χ0) is 9.26. The second-order valence-electron chi connectivity index (χ2n) is 4.53. The Hall–Kier alpha value is -0.0800. The van der Waals surface area contributed by atoms with Gasteiger partial charge in [-0.15, -0.1) is 0 Å². The number of hydrogen-bond acceptors (Lipinski definition) is 2. The topological polar surface area (TPSA) is 23.5 Å². The van der Waals surface area contributed by atoms with E-state index >= 15 is 0 Å². The first kappa shape index (κ1) is 9.47. The molecule has 0 unspecified atom stereocenters. The van der Waals surface area contributed by atoms with Gasteiger partial charge in [-0.25, -0.2) is 0 Å². The molecule has 0 amide bonds. The van der Waals surface area contributed by atoms with Gasteiger partial charge >= 0.3 is 0 Å². The highest BCUT2D eigenvalue weighted by molar-refractivity contribution is 4.93. The van der Waals surface area contributed by atoms with E-state index in [0.29, 0.717) is 6.04 Å². The second kappa shape index (κ2) is 3.97. The second-order valence-corrected chi connectivity index (χ2v) is 4.53. The summed E-state index contributed by atoms with van der Waals surface area (Å²) >= 11 is 0. The maximum atomic E-state index is 9.82. The summed E-state index contributed by atoms with van der Waals surface area (Å²) in [6, 6.07) is 1.31. The summed E-state index contributed by atoms with van der Waals surface area (Å²) in [7, 11) is 0. The van der Waals surface area contributed by atoms with Gasteiger partial charge in [-0.3, -0.25) is 4.90 Å². The van der Waals surface area contributed by atoms with Crippen LogP contribution < -0.4 is 0 Å². The van der Waals surface area contributed by atoms with Crippen molar-refractivity contribution in [1.82, 2.24) is 4.90 Å². The minimum atomic E-state index is -0.0350. The van der Waals surface area contributed by atoms with E-state index in [9.17, 15) is 5.11 Å². The van der Waals surface area contributed by atoms with E-state index in [1.165, 1.54) is 38.6 Å². The molecule has 2 aliphatic rings. The predicted molar refractivity (Wildman–Crippen MR) is 53.7 cm³/mol. The van der Waals surface area contributed by atoms with Gasteiger partial charge < -0.3 is 5.11 Å². The van der Waals surface area contributed by atoms with Gasteiger partial charge in [0, 0.05) is 12.1 Å². The lowest BCUT2D eigenvalue weighted by atomic mass is 10.1. The average molecular weight is 183 g/mol. The van der Waals surface area contributed by atoms with E-state index < -0.39 is 0 Å². The molecule has 2 nitrogen and oxygen atoms in total. The molecule has 0 aromatic carbocycles. The third-order valence-electron chi connectivity index (χ3n) is 3.37. The van der Waals surface area contributed by atoms with Gasteiger partial charge in [-0.1, -0.05) is 6.92 Å². The van der Waals surface area contributed by atoms with Crippen molar-refractivity contribution < 1.29 is 5.11 Å². The molecule has 2 fully saturated rings. The fourth-order valence-electron chi connectivity index (χ4n) is 2.59. The predicted octanol–water partition coefficient (Wildman–Crippen LogP) is 1.77. The van der Waals surface area contributed by atoms with Crippen LogP contribution in [0.15, 0.2) is 0 Å².